The number of carbonyl (C=O) groups excluding carboxylic acids is 1. The monoisotopic (exact) mass is 333 g/mol. The number of nitrogens with zero attached hydrogens (tertiary/aromatic N) is 3. The third kappa shape index (κ3) is 4.12. The third-order valence-electron chi connectivity index (χ3n) is 4.09. The average Bonchev–Trinajstić information content (AvgIpc) is 3.11. The highest BCUT2D eigenvalue weighted by molar-refractivity contribution is 6.31. The largest absolute Gasteiger partial charge is 0.367 e. The van der Waals surface area contributed by atoms with Crippen LogP contribution in [0.1, 0.15) is 24.4 Å². The Morgan fingerprint density at radius 2 is 2.22 bits per heavy atom. The van der Waals surface area contributed by atoms with E-state index in [1.807, 2.05) is 46.1 Å². The number of hydrogen-bond donors (Lipinski definition) is 0. The molecule has 1 aliphatic rings. The van der Waals surface area contributed by atoms with Crippen molar-refractivity contribution in [1.29, 1.82) is 0 Å². The number of ether oxygens (including phenoxy) is 1. The molecule has 1 unspecified atom stereocenters. The quantitative estimate of drug-likeness (QED) is 0.845. The molecule has 1 aliphatic heterocycles. The summed E-state index contributed by atoms with van der Waals surface area (Å²) in [5.41, 5.74) is 0.898. The lowest BCUT2D eigenvalue weighted by atomic mass is 10.1. The van der Waals surface area contributed by atoms with E-state index in [-0.39, 0.29) is 18.6 Å². The van der Waals surface area contributed by atoms with Gasteiger partial charge in [0.2, 0.25) is 5.91 Å². The van der Waals surface area contributed by atoms with E-state index in [4.69, 9.17) is 16.3 Å². The van der Waals surface area contributed by atoms with Crippen molar-refractivity contribution >= 4 is 17.5 Å². The van der Waals surface area contributed by atoms with E-state index in [9.17, 15) is 4.79 Å². The zero-order valence-corrected chi connectivity index (χ0v) is 13.7. The molecule has 0 saturated carbocycles. The summed E-state index contributed by atoms with van der Waals surface area (Å²) in [5.74, 6) is 0.0221. The van der Waals surface area contributed by atoms with Gasteiger partial charge in [0, 0.05) is 30.5 Å². The molecule has 0 bridgehead atoms. The molecule has 1 aromatic heterocycles. The van der Waals surface area contributed by atoms with Crippen LogP contribution in [0.2, 0.25) is 5.02 Å². The summed E-state index contributed by atoms with van der Waals surface area (Å²) in [4.78, 5) is 14.2. The Morgan fingerprint density at radius 1 is 1.35 bits per heavy atom. The van der Waals surface area contributed by atoms with Gasteiger partial charge in [-0.1, -0.05) is 29.8 Å². The number of benzene rings is 1. The summed E-state index contributed by atoms with van der Waals surface area (Å²) >= 11 is 6.08. The highest BCUT2D eigenvalue weighted by Gasteiger charge is 2.24. The summed E-state index contributed by atoms with van der Waals surface area (Å²) in [6, 6.07) is 9.67. The van der Waals surface area contributed by atoms with Gasteiger partial charge in [0.1, 0.15) is 6.61 Å². The maximum Gasteiger partial charge on any atom is 0.248 e. The smallest absolute Gasteiger partial charge is 0.248 e. The number of hydrogen-bond acceptors (Lipinski definition) is 3. The summed E-state index contributed by atoms with van der Waals surface area (Å²) in [6.07, 6.45) is 5.76. The molecule has 0 aliphatic carbocycles. The van der Waals surface area contributed by atoms with Crippen LogP contribution in [0.4, 0.5) is 0 Å². The molecule has 5 nitrogen and oxygen atoms in total. The molecule has 2 heterocycles. The Balaban J connectivity index is 1.49. The van der Waals surface area contributed by atoms with E-state index >= 15 is 0 Å². The van der Waals surface area contributed by atoms with Crippen LogP contribution in [-0.2, 0) is 16.1 Å². The molecule has 23 heavy (non-hydrogen) atoms. The number of likely N-dealkylation sites (tertiary alicyclic amines) is 1. The van der Waals surface area contributed by atoms with Gasteiger partial charge in [0.25, 0.3) is 0 Å². The number of aromatic nitrogens is 2. The fourth-order valence-electron chi connectivity index (χ4n) is 2.85. The topological polar surface area (TPSA) is 47.4 Å². The number of carbonyl (C=O) groups is 1. The van der Waals surface area contributed by atoms with Crippen LogP contribution < -0.4 is 0 Å². The molecule has 0 N–H and O–H groups in total. The van der Waals surface area contributed by atoms with E-state index < -0.39 is 0 Å². The second-order valence-electron chi connectivity index (χ2n) is 5.71. The van der Waals surface area contributed by atoms with Crippen LogP contribution in [0.5, 0.6) is 0 Å². The molecule has 1 amide bonds. The number of rotatable bonds is 5. The van der Waals surface area contributed by atoms with Crippen LogP contribution in [0.15, 0.2) is 42.7 Å². The van der Waals surface area contributed by atoms with E-state index in [1.54, 1.807) is 6.20 Å². The predicted molar refractivity (Wildman–Crippen MR) is 88.2 cm³/mol. The molecular weight excluding hydrogens is 314 g/mol. The molecule has 2 aromatic rings. The van der Waals surface area contributed by atoms with Crippen LogP contribution in [0, 0.1) is 0 Å². The van der Waals surface area contributed by atoms with Gasteiger partial charge in [0.15, 0.2) is 0 Å². The van der Waals surface area contributed by atoms with Gasteiger partial charge in [-0.15, -0.1) is 0 Å². The number of amides is 1. The molecule has 1 saturated heterocycles. The van der Waals surface area contributed by atoms with Crippen molar-refractivity contribution in [3.05, 3.63) is 53.3 Å². The zero-order valence-electron chi connectivity index (χ0n) is 12.9. The van der Waals surface area contributed by atoms with E-state index in [2.05, 4.69) is 5.10 Å². The van der Waals surface area contributed by atoms with Crippen molar-refractivity contribution in [1.82, 2.24) is 14.7 Å². The van der Waals surface area contributed by atoms with Crippen molar-refractivity contribution in [2.75, 3.05) is 19.7 Å². The standard InChI is InChI=1S/C17H20ClN3O2/c18-16-7-2-1-5-14(16)12-23-13-17(22)20-9-3-6-15(11-20)21-10-4-8-19-21/h1-2,4-5,7-8,10,15H,3,6,9,11-13H2. The Bertz CT molecular complexity index is 645. The maximum absolute atomic E-state index is 12.3. The predicted octanol–water partition coefficient (Wildman–Crippen LogP) is 2.92. The van der Waals surface area contributed by atoms with Gasteiger partial charge in [-0.05, 0) is 30.5 Å². The molecule has 0 radical (unpaired) electrons. The second-order valence-corrected chi connectivity index (χ2v) is 6.11. The van der Waals surface area contributed by atoms with Gasteiger partial charge in [-0.3, -0.25) is 9.48 Å². The first-order valence-electron chi connectivity index (χ1n) is 7.82. The van der Waals surface area contributed by atoms with E-state index in [0.29, 0.717) is 18.2 Å². The van der Waals surface area contributed by atoms with Crippen molar-refractivity contribution in [2.24, 2.45) is 0 Å². The Kier molecular flexibility index (Phi) is 5.31. The van der Waals surface area contributed by atoms with Gasteiger partial charge in [-0.25, -0.2) is 0 Å². The molecular formula is C17H20ClN3O2. The van der Waals surface area contributed by atoms with Gasteiger partial charge in [0.05, 0.1) is 12.6 Å². The van der Waals surface area contributed by atoms with Crippen LogP contribution in [0.25, 0.3) is 0 Å². The second kappa shape index (κ2) is 7.62. The van der Waals surface area contributed by atoms with E-state index in [0.717, 1.165) is 24.9 Å². The first-order chi connectivity index (χ1) is 11.2. The summed E-state index contributed by atoms with van der Waals surface area (Å²) in [5, 5.41) is 4.94. The van der Waals surface area contributed by atoms with Gasteiger partial charge < -0.3 is 9.64 Å². The first-order valence-corrected chi connectivity index (χ1v) is 8.20. The van der Waals surface area contributed by atoms with Crippen LogP contribution in [-0.4, -0.2) is 40.3 Å². The maximum atomic E-state index is 12.3. The lowest BCUT2D eigenvalue weighted by molar-refractivity contribution is -0.138. The molecule has 0 spiro atoms. The Labute approximate surface area is 140 Å². The van der Waals surface area contributed by atoms with Crippen molar-refractivity contribution in [3.8, 4) is 0 Å². The van der Waals surface area contributed by atoms with Crippen LogP contribution in [0.3, 0.4) is 0 Å². The fourth-order valence-corrected chi connectivity index (χ4v) is 3.04. The minimum atomic E-state index is 0.0221. The third-order valence-corrected chi connectivity index (χ3v) is 4.46. The molecule has 1 aromatic carbocycles. The molecule has 3 rings (SSSR count). The Hall–Kier alpha value is -1.85. The van der Waals surface area contributed by atoms with Gasteiger partial charge in [-0.2, -0.15) is 5.10 Å². The molecule has 1 atom stereocenters. The lowest BCUT2D eigenvalue weighted by Crippen LogP contribution is -2.42. The highest BCUT2D eigenvalue weighted by atomic mass is 35.5. The summed E-state index contributed by atoms with van der Waals surface area (Å²) in [6.45, 7) is 1.90. The number of piperidine rings is 1. The first kappa shape index (κ1) is 16.0. The fraction of sp³-hybridized carbons (Fsp3) is 0.412. The highest BCUT2D eigenvalue weighted by Crippen LogP contribution is 2.21. The lowest BCUT2D eigenvalue weighted by Gasteiger charge is -2.32. The van der Waals surface area contributed by atoms with E-state index in [1.165, 1.54) is 0 Å². The normalized spacial score (nSPS) is 18.1. The zero-order chi connectivity index (χ0) is 16.1. The summed E-state index contributed by atoms with van der Waals surface area (Å²) < 4.78 is 7.48. The minimum absolute atomic E-state index is 0.0221. The van der Waals surface area contributed by atoms with Crippen LogP contribution >= 0.6 is 11.6 Å². The molecule has 122 valence electrons. The average molecular weight is 334 g/mol. The number of halogens is 1. The van der Waals surface area contributed by atoms with Crippen molar-refractivity contribution in [3.63, 3.8) is 0 Å². The SMILES string of the molecule is O=C(COCc1ccccc1Cl)N1CCCC(n2cccn2)C1. The minimum Gasteiger partial charge on any atom is -0.367 e. The van der Waals surface area contributed by atoms with Crippen molar-refractivity contribution in [2.45, 2.75) is 25.5 Å². The Morgan fingerprint density at radius 3 is 3.00 bits per heavy atom. The molecule has 1 fully saturated rings. The van der Waals surface area contributed by atoms with Crippen molar-refractivity contribution < 1.29 is 9.53 Å². The summed E-state index contributed by atoms with van der Waals surface area (Å²) in [7, 11) is 0. The van der Waals surface area contributed by atoms with Gasteiger partial charge >= 0.3 is 0 Å². The molecule has 6 heteroatoms.